The molecular weight excluding hydrogens is 270 g/mol. The number of carbonyl (C=O) groups is 1. The van der Waals surface area contributed by atoms with Gasteiger partial charge in [-0.3, -0.25) is 4.79 Å². The first-order chi connectivity index (χ1) is 9.59. The van der Waals surface area contributed by atoms with E-state index in [1.54, 1.807) is 0 Å². The van der Waals surface area contributed by atoms with E-state index in [9.17, 15) is 4.79 Å². The summed E-state index contributed by atoms with van der Waals surface area (Å²) in [6.07, 6.45) is 5.54. The van der Waals surface area contributed by atoms with Crippen LogP contribution in [0.4, 0.5) is 5.69 Å². The summed E-state index contributed by atoms with van der Waals surface area (Å²) >= 11 is 1.40. The topological polar surface area (TPSA) is 68.9 Å². The van der Waals surface area contributed by atoms with Crippen LogP contribution in [0.2, 0.25) is 0 Å². The van der Waals surface area contributed by atoms with E-state index in [0.29, 0.717) is 10.6 Å². The van der Waals surface area contributed by atoms with E-state index in [-0.39, 0.29) is 11.7 Å². The number of nitrogens with two attached hydrogens (primary N) is 1. The number of ketones is 1. The van der Waals surface area contributed by atoms with Gasteiger partial charge in [-0.1, -0.05) is 19.3 Å². The van der Waals surface area contributed by atoms with Gasteiger partial charge in [0, 0.05) is 11.3 Å². The van der Waals surface area contributed by atoms with E-state index in [1.165, 1.54) is 17.8 Å². The van der Waals surface area contributed by atoms with Crippen molar-refractivity contribution in [1.29, 1.82) is 0 Å². The smallest absolute Gasteiger partial charge is 0.178 e. The lowest BCUT2D eigenvalue weighted by Crippen LogP contribution is -2.17. The third kappa shape index (κ3) is 2.10. The van der Waals surface area contributed by atoms with E-state index >= 15 is 0 Å². The van der Waals surface area contributed by atoms with Gasteiger partial charge in [0.2, 0.25) is 0 Å². The van der Waals surface area contributed by atoms with Crippen LogP contribution in [0, 0.1) is 19.8 Å². The lowest BCUT2D eigenvalue weighted by atomic mass is 9.85. The molecule has 0 unspecified atom stereocenters. The molecule has 0 aromatic carbocycles. The first kappa shape index (κ1) is 13.5. The molecule has 0 amide bonds. The van der Waals surface area contributed by atoms with Crippen LogP contribution in [0.3, 0.4) is 0 Å². The lowest BCUT2D eigenvalue weighted by molar-refractivity contribution is 0.0895. The highest BCUT2D eigenvalue weighted by atomic mass is 32.1. The van der Waals surface area contributed by atoms with Gasteiger partial charge >= 0.3 is 0 Å². The number of Topliss-reactive ketones (excluding diaryl/α,β-unsaturated/α-hetero) is 1. The van der Waals surface area contributed by atoms with Crippen molar-refractivity contribution in [3.05, 3.63) is 16.1 Å². The minimum absolute atomic E-state index is 0.147. The van der Waals surface area contributed by atoms with Crippen LogP contribution in [0.25, 0.3) is 10.2 Å². The summed E-state index contributed by atoms with van der Waals surface area (Å²) in [5.74, 6) is 0.357. The van der Waals surface area contributed by atoms with Crippen LogP contribution < -0.4 is 5.73 Å². The minimum atomic E-state index is 0.147. The van der Waals surface area contributed by atoms with E-state index in [2.05, 4.69) is 10.2 Å². The monoisotopic (exact) mass is 289 g/mol. The Morgan fingerprint density at radius 3 is 2.60 bits per heavy atom. The van der Waals surface area contributed by atoms with E-state index in [4.69, 9.17) is 5.73 Å². The third-order valence-corrected chi connectivity index (χ3v) is 5.44. The highest BCUT2D eigenvalue weighted by molar-refractivity contribution is 7.21. The van der Waals surface area contributed by atoms with Gasteiger partial charge in [-0.15, -0.1) is 16.4 Å². The van der Waals surface area contributed by atoms with Crippen molar-refractivity contribution in [1.82, 2.24) is 10.2 Å². The average Bonchev–Trinajstić information content (AvgIpc) is 2.81. The van der Waals surface area contributed by atoms with Crippen LogP contribution in [0.15, 0.2) is 0 Å². The zero-order valence-corrected chi connectivity index (χ0v) is 12.7. The number of nitrogens with zero attached hydrogens (tertiary/aromatic N) is 2. The highest BCUT2D eigenvalue weighted by Crippen LogP contribution is 2.38. The van der Waals surface area contributed by atoms with Crippen LogP contribution >= 0.6 is 11.3 Å². The molecule has 0 spiro atoms. The van der Waals surface area contributed by atoms with E-state index in [1.807, 2.05) is 13.8 Å². The summed E-state index contributed by atoms with van der Waals surface area (Å²) in [4.78, 5) is 14.1. The number of rotatable bonds is 2. The normalized spacial score (nSPS) is 16.7. The van der Waals surface area contributed by atoms with Gasteiger partial charge < -0.3 is 5.73 Å². The molecule has 2 N–H and O–H groups in total. The first-order valence-corrected chi connectivity index (χ1v) is 7.97. The maximum Gasteiger partial charge on any atom is 0.178 e. The molecule has 3 rings (SSSR count). The number of fused-ring (bicyclic) bond motifs is 1. The van der Waals surface area contributed by atoms with Crippen LogP contribution in [0.1, 0.15) is 53.0 Å². The largest absolute Gasteiger partial charge is 0.397 e. The number of thiophene rings is 1. The summed E-state index contributed by atoms with van der Waals surface area (Å²) in [6, 6.07) is 0. The van der Waals surface area contributed by atoms with Crippen molar-refractivity contribution in [2.45, 2.75) is 46.0 Å². The molecule has 0 atom stereocenters. The Balaban J connectivity index is 2.06. The third-order valence-electron chi connectivity index (χ3n) is 4.33. The molecule has 4 nitrogen and oxygen atoms in total. The second kappa shape index (κ2) is 5.13. The van der Waals surface area contributed by atoms with Gasteiger partial charge in [-0.2, -0.15) is 5.10 Å². The van der Waals surface area contributed by atoms with Crippen LogP contribution in [0.5, 0.6) is 0 Å². The number of carbonyl (C=O) groups excluding carboxylic acids is 1. The average molecular weight is 289 g/mol. The van der Waals surface area contributed by atoms with Crippen molar-refractivity contribution < 1.29 is 4.79 Å². The Labute approximate surface area is 122 Å². The standard InChI is InChI=1S/C15H19N3OS/c1-8-9(2)17-18-15-11(8)12(16)14(20-15)13(19)10-6-4-3-5-7-10/h10H,3-7,16H2,1-2H3. The van der Waals surface area contributed by atoms with Gasteiger partial charge in [0.15, 0.2) is 5.78 Å². The second-order valence-electron chi connectivity index (χ2n) is 5.63. The van der Waals surface area contributed by atoms with Crippen LogP contribution in [-0.4, -0.2) is 16.0 Å². The molecule has 1 aliphatic rings. The highest BCUT2D eigenvalue weighted by Gasteiger charge is 2.27. The van der Waals surface area contributed by atoms with E-state index < -0.39 is 0 Å². The number of hydrogen-bond acceptors (Lipinski definition) is 5. The zero-order valence-electron chi connectivity index (χ0n) is 11.9. The molecule has 0 radical (unpaired) electrons. The molecule has 1 aliphatic carbocycles. The molecule has 2 aromatic rings. The Hall–Kier alpha value is -1.49. The lowest BCUT2D eigenvalue weighted by Gasteiger charge is -2.19. The summed E-state index contributed by atoms with van der Waals surface area (Å²) in [7, 11) is 0. The number of aryl methyl sites for hydroxylation is 2. The van der Waals surface area contributed by atoms with Gasteiger partial charge in [0.1, 0.15) is 4.83 Å². The predicted molar refractivity (Wildman–Crippen MR) is 82.2 cm³/mol. The minimum Gasteiger partial charge on any atom is -0.397 e. The Morgan fingerprint density at radius 1 is 1.20 bits per heavy atom. The fourth-order valence-corrected chi connectivity index (χ4v) is 4.09. The van der Waals surface area contributed by atoms with E-state index in [0.717, 1.165) is 47.2 Å². The van der Waals surface area contributed by atoms with Crippen molar-refractivity contribution >= 4 is 33.0 Å². The molecule has 0 saturated heterocycles. The van der Waals surface area contributed by atoms with Crippen LogP contribution in [-0.2, 0) is 0 Å². The quantitative estimate of drug-likeness (QED) is 0.857. The Kier molecular flexibility index (Phi) is 3.46. The molecular formula is C15H19N3OS. The van der Waals surface area contributed by atoms with Crippen molar-refractivity contribution in [3.63, 3.8) is 0 Å². The number of hydrogen-bond donors (Lipinski definition) is 1. The zero-order chi connectivity index (χ0) is 14.3. The maximum absolute atomic E-state index is 12.7. The van der Waals surface area contributed by atoms with Gasteiger partial charge in [0.05, 0.1) is 16.3 Å². The molecule has 2 aromatic heterocycles. The molecule has 2 heterocycles. The molecule has 1 saturated carbocycles. The summed E-state index contributed by atoms with van der Waals surface area (Å²) < 4.78 is 0. The maximum atomic E-state index is 12.7. The van der Waals surface area contributed by atoms with Crippen molar-refractivity contribution in [2.75, 3.05) is 5.73 Å². The summed E-state index contributed by atoms with van der Waals surface area (Å²) in [6.45, 7) is 3.91. The van der Waals surface area contributed by atoms with Crippen molar-refractivity contribution in [2.24, 2.45) is 5.92 Å². The predicted octanol–water partition coefficient (Wildman–Crippen LogP) is 3.65. The molecule has 5 heteroatoms. The molecule has 0 bridgehead atoms. The fraction of sp³-hybridized carbons (Fsp3) is 0.533. The number of anilines is 1. The molecule has 20 heavy (non-hydrogen) atoms. The number of nitrogen functional groups attached to an aromatic ring is 1. The molecule has 1 fully saturated rings. The molecule has 106 valence electrons. The number of aromatic nitrogens is 2. The molecule has 0 aliphatic heterocycles. The second-order valence-corrected chi connectivity index (χ2v) is 6.63. The van der Waals surface area contributed by atoms with Crippen molar-refractivity contribution in [3.8, 4) is 0 Å². The van der Waals surface area contributed by atoms with Gasteiger partial charge in [-0.05, 0) is 32.3 Å². The SMILES string of the molecule is Cc1nnc2sc(C(=O)C3CCCCC3)c(N)c2c1C. The summed E-state index contributed by atoms with van der Waals surface area (Å²) in [5.41, 5.74) is 8.75. The first-order valence-electron chi connectivity index (χ1n) is 7.15. The fourth-order valence-electron chi connectivity index (χ4n) is 2.97. The Morgan fingerprint density at radius 2 is 1.90 bits per heavy atom. The van der Waals surface area contributed by atoms with Gasteiger partial charge in [0.25, 0.3) is 0 Å². The summed E-state index contributed by atoms with van der Waals surface area (Å²) in [5, 5.41) is 9.23. The van der Waals surface area contributed by atoms with Gasteiger partial charge in [-0.25, -0.2) is 0 Å². The Bertz CT molecular complexity index is 671.